The molecular formula is C22H33N5O9. The number of carboxylic acids is 2. The van der Waals surface area contributed by atoms with Crippen molar-refractivity contribution in [1.29, 1.82) is 0 Å². The summed E-state index contributed by atoms with van der Waals surface area (Å²) in [6.45, 7) is -0.629. The summed E-state index contributed by atoms with van der Waals surface area (Å²) in [6, 6.07) is 0.404. The minimum atomic E-state index is -1.70. The lowest BCUT2D eigenvalue weighted by molar-refractivity contribution is -0.144. The molecule has 0 fully saturated rings. The topological polar surface area (TPSA) is 254 Å². The van der Waals surface area contributed by atoms with Crippen LogP contribution in [0.4, 0.5) is 0 Å². The number of carbonyl (C=O) groups is 5. The molecule has 1 rings (SSSR count). The number of aliphatic hydroxyl groups is 1. The average Bonchev–Trinajstić information content (AvgIpc) is 2.82. The maximum absolute atomic E-state index is 12.9. The van der Waals surface area contributed by atoms with Crippen molar-refractivity contribution >= 4 is 29.7 Å². The average molecular weight is 512 g/mol. The van der Waals surface area contributed by atoms with Gasteiger partial charge < -0.3 is 47.8 Å². The van der Waals surface area contributed by atoms with Crippen molar-refractivity contribution in [2.75, 3.05) is 13.2 Å². The molecular weight excluding hydrogens is 478 g/mol. The maximum atomic E-state index is 12.9. The van der Waals surface area contributed by atoms with Crippen LogP contribution in [-0.4, -0.2) is 87.4 Å². The molecule has 4 atom stereocenters. The van der Waals surface area contributed by atoms with E-state index in [1.54, 1.807) is 12.1 Å². The highest BCUT2D eigenvalue weighted by Gasteiger charge is 2.31. The highest BCUT2D eigenvalue weighted by Crippen LogP contribution is 2.11. The summed E-state index contributed by atoms with van der Waals surface area (Å²) in [4.78, 5) is 60.3. The first-order valence-electron chi connectivity index (χ1n) is 11.2. The van der Waals surface area contributed by atoms with Gasteiger partial charge in [0.2, 0.25) is 17.7 Å². The van der Waals surface area contributed by atoms with E-state index in [-0.39, 0.29) is 18.6 Å². The normalized spacial score (nSPS) is 14.1. The van der Waals surface area contributed by atoms with Gasteiger partial charge in [0, 0.05) is 0 Å². The van der Waals surface area contributed by atoms with Gasteiger partial charge in [-0.25, -0.2) is 4.79 Å². The fraction of sp³-hybridized carbons (Fsp3) is 0.500. The predicted molar refractivity (Wildman–Crippen MR) is 125 cm³/mol. The van der Waals surface area contributed by atoms with Crippen molar-refractivity contribution in [2.24, 2.45) is 11.5 Å². The van der Waals surface area contributed by atoms with E-state index in [0.29, 0.717) is 24.9 Å². The van der Waals surface area contributed by atoms with Crippen LogP contribution in [0.5, 0.6) is 5.75 Å². The smallest absolute Gasteiger partial charge is 0.328 e. The Hall–Kier alpha value is -3.75. The van der Waals surface area contributed by atoms with Gasteiger partial charge in [-0.15, -0.1) is 0 Å². The molecule has 0 saturated heterocycles. The third kappa shape index (κ3) is 10.7. The number of carboxylic acid groups (broad SMARTS) is 2. The van der Waals surface area contributed by atoms with Gasteiger partial charge in [-0.1, -0.05) is 12.1 Å². The molecule has 36 heavy (non-hydrogen) atoms. The van der Waals surface area contributed by atoms with Crippen LogP contribution in [0.3, 0.4) is 0 Å². The third-order valence-corrected chi connectivity index (χ3v) is 5.12. The summed E-state index contributed by atoms with van der Waals surface area (Å²) in [7, 11) is 0. The lowest BCUT2D eigenvalue weighted by atomic mass is 10.0. The number of nitrogens with one attached hydrogen (secondary N) is 3. The first-order valence-corrected chi connectivity index (χ1v) is 11.2. The number of aliphatic hydroxyl groups excluding tert-OH is 1. The summed E-state index contributed by atoms with van der Waals surface area (Å²) in [5.41, 5.74) is 12.1. The van der Waals surface area contributed by atoms with E-state index < -0.39 is 66.9 Å². The zero-order chi connectivity index (χ0) is 27.3. The van der Waals surface area contributed by atoms with E-state index in [9.17, 15) is 29.1 Å². The number of rotatable bonds is 16. The highest BCUT2D eigenvalue weighted by molar-refractivity contribution is 5.95. The van der Waals surface area contributed by atoms with E-state index in [2.05, 4.69) is 10.6 Å². The number of nitrogens with two attached hydrogens (primary N) is 2. The number of aromatic hydroxyl groups is 1. The summed E-state index contributed by atoms with van der Waals surface area (Å²) in [5, 5.41) is 43.2. The molecule has 200 valence electrons. The van der Waals surface area contributed by atoms with Gasteiger partial charge in [-0.05, 0) is 49.9 Å². The standard InChI is InChI=1S/C22H33N5O9/c23-8-2-1-3-15(25-19(32)14(24)9-12-4-6-13(29)7-5-12)20(33)26-16(10-18(30)31)21(34)27-17(11-28)22(35)36/h4-7,14-17,28-29H,1-3,8-11,23-24H2,(H,25,32)(H,26,33)(H,27,34)(H,30,31)(H,35,36). The Morgan fingerprint density at radius 1 is 0.833 bits per heavy atom. The number of hydrogen-bond donors (Lipinski definition) is 9. The zero-order valence-electron chi connectivity index (χ0n) is 19.6. The van der Waals surface area contributed by atoms with Crippen molar-refractivity contribution in [1.82, 2.24) is 16.0 Å². The van der Waals surface area contributed by atoms with Crippen LogP contribution in [-0.2, 0) is 30.4 Å². The first-order chi connectivity index (χ1) is 17.0. The molecule has 1 aromatic rings. The van der Waals surface area contributed by atoms with Crippen LogP contribution in [0.25, 0.3) is 0 Å². The largest absolute Gasteiger partial charge is 0.508 e. The molecule has 0 spiro atoms. The fourth-order valence-electron chi connectivity index (χ4n) is 3.13. The molecule has 0 radical (unpaired) electrons. The third-order valence-electron chi connectivity index (χ3n) is 5.12. The molecule has 0 bridgehead atoms. The van der Waals surface area contributed by atoms with Crippen molar-refractivity contribution in [3.63, 3.8) is 0 Å². The molecule has 11 N–H and O–H groups in total. The van der Waals surface area contributed by atoms with Gasteiger partial charge in [0.1, 0.15) is 23.9 Å². The van der Waals surface area contributed by atoms with Gasteiger partial charge in [-0.2, -0.15) is 0 Å². The van der Waals surface area contributed by atoms with Crippen LogP contribution in [0.15, 0.2) is 24.3 Å². The molecule has 0 aliphatic heterocycles. The van der Waals surface area contributed by atoms with E-state index in [1.165, 1.54) is 12.1 Å². The Morgan fingerprint density at radius 3 is 1.92 bits per heavy atom. The number of unbranched alkanes of at least 4 members (excludes halogenated alkanes) is 1. The van der Waals surface area contributed by atoms with Crippen molar-refractivity contribution in [3.8, 4) is 5.75 Å². The lowest BCUT2D eigenvalue weighted by Crippen LogP contribution is -2.58. The number of phenols is 1. The Morgan fingerprint density at radius 2 is 1.39 bits per heavy atom. The number of benzene rings is 1. The van der Waals surface area contributed by atoms with Gasteiger partial charge in [0.15, 0.2) is 0 Å². The van der Waals surface area contributed by atoms with Gasteiger partial charge >= 0.3 is 11.9 Å². The SMILES string of the molecule is NCCCCC(NC(=O)C(N)Cc1ccc(O)cc1)C(=O)NC(CC(=O)O)C(=O)NC(CO)C(=O)O. The second-order valence-corrected chi connectivity index (χ2v) is 8.06. The maximum Gasteiger partial charge on any atom is 0.328 e. The molecule has 0 aliphatic rings. The number of amides is 3. The molecule has 0 heterocycles. The van der Waals surface area contributed by atoms with Crippen molar-refractivity contribution < 1.29 is 44.4 Å². The predicted octanol–water partition coefficient (Wildman–Crippen LogP) is -2.60. The number of aliphatic carboxylic acids is 2. The van der Waals surface area contributed by atoms with Crippen LogP contribution in [0.1, 0.15) is 31.2 Å². The van der Waals surface area contributed by atoms with Gasteiger partial charge in [0.25, 0.3) is 0 Å². The summed E-state index contributed by atoms with van der Waals surface area (Å²) in [6.07, 6.45) is 0.277. The van der Waals surface area contributed by atoms with Crippen LogP contribution >= 0.6 is 0 Å². The minimum absolute atomic E-state index is 0.0435. The quantitative estimate of drug-likeness (QED) is 0.104. The molecule has 0 saturated carbocycles. The van der Waals surface area contributed by atoms with E-state index >= 15 is 0 Å². The Bertz CT molecular complexity index is 910. The number of phenolic OH excluding ortho intramolecular Hbond substituents is 1. The molecule has 14 heteroatoms. The Kier molecular flexibility index (Phi) is 12.9. The Labute approximate surface area is 207 Å². The van der Waals surface area contributed by atoms with Gasteiger partial charge in [0.05, 0.1) is 19.1 Å². The second kappa shape index (κ2) is 15.3. The molecule has 4 unspecified atom stereocenters. The minimum Gasteiger partial charge on any atom is -0.508 e. The van der Waals surface area contributed by atoms with Crippen molar-refractivity contribution in [2.45, 2.75) is 56.3 Å². The monoisotopic (exact) mass is 511 g/mol. The highest BCUT2D eigenvalue weighted by atomic mass is 16.4. The Balaban J connectivity index is 2.95. The van der Waals surface area contributed by atoms with E-state index in [4.69, 9.17) is 26.8 Å². The lowest BCUT2D eigenvalue weighted by Gasteiger charge is -2.24. The summed E-state index contributed by atoms with van der Waals surface area (Å²) in [5.74, 6) is -5.66. The fourth-order valence-corrected chi connectivity index (χ4v) is 3.13. The summed E-state index contributed by atoms with van der Waals surface area (Å²) >= 11 is 0. The molecule has 3 amide bonds. The molecule has 0 aliphatic carbocycles. The zero-order valence-corrected chi connectivity index (χ0v) is 19.6. The van der Waals surface area contributed by atoms with Crippen molar-refractivity contribution in [3.05, 3.63) is 29.8 Å². The number of hydrogen-bond acceptors (Lipinski definition) is 9. The summed E-state index contributed by atoms with van der Waals surface area (Å²) < 4.78 is 0. The van der Waals surface area contributed by atoms with Crippen LogP contribution < -0.4 is 27.4 Å². The van der Waals surface area contributed by atoms with E-state index in [0.717, 1.165) is 0 Å². The first kappa shape index (κ1) is 30.3. The van der Waals surface area contributed by atoms with Crippen LogP contribution in [0.2, 0.25) is 0 Å². The number of carbonyl (C=O) groups excluding carboxylic acids is 3. The molecule has 1 aromatic carbocycles. The molecule has 14 nitrogen and oxygen atoms in total. The second-order valence-electron chi connectivity index (χ2n) is 8.06. The van der Waals surface area contributed by atoms with Crippen LogP contribution in [0, 0.1) is 0 Å². The van der Waals surface area contributed by atoms with Gasteiger partial charge in [-0.3, -0.25) is 19.2 Å². The molecule has 0 aromatic heterocycles. The van der Waals surface area contributed by atoms with E-state index in [1.807, 2.05) is 5.32 Å².